The number of rotatable bonds is 6. The van der Waals surface area contributed by atoms with Crippen LogP contribution in [0.2, 0.25) is 5.02 Å². The standard InChI is InChI=1S/C26H15ClF3N7O2S/c27-14-4-3-5-16(29)25(14)40(38,39)36-18-9-8-15(28)23(22(18)30)35-26-24-19(31-12-32-26)10-11-21(34-24)37-13-33-17-6-1-2-7-20(17)37/h1-13,36H,(H,31,32,35). The Morgan fingerprint density at radius 2 is 1.65 bits per heavy atom. The summed E-state index contributed by atoms with van der Waals surface area (Å²) in [7, 11) is -4.68. The summed E-state index contributed by atoms with van der Waals surface area (Å²) in [5, 5.41) is 2.15. The Labute approximate surface area is 229 Å². The first-order chi connectivity index (χ1) is 19.2. The molecule has 0 atom stereocenters. The zero-order valence-electron chi connectivity index (χ0n) is 20.0. The van der Waals surface area contributed by atoms with Gasteiger partial charge in [-0.1, -0.05) is 29.8 Å². The molecule has 0 spiro atoms. The predicted molar refractivity (Wildman–Crippen MR) is 144 cm³/mol. The van der Waals surface area contributed by atoms with Crippen LogP contribution >= 0.6 is 11.6 Å². The topological polar surface area (TPSA) is 115 Å². The van der Waals surface area contributed by atoms with E-state index in [4.69, 9.17) is 11.6 Å². The Kier molecular flexibility index (Phi) is 6.24. The van der Waals surface area contributed by atoms with E-state index in [1.165, 1.54) is 18.5 Å². The van der Waals surface area contributed by atoms with Gasteiger partial charge < -0.3 is 5.32 Å². The maximum atomic E-state index is 15.5. The largest absolute Gasteiger partial charge is 0.333 e. The van der Waals surface area contributed by atoms with Crippen LogP contribution in [0, 0.1) is 17.5 Å². The highest BCUT2D eigenvalue weighted by atomic mass is 35.5. The lowest BCUT2D eigenvalue weighted by atomic mass is 10.2. The third kappa shape index (κ3) is 4.44. The molecule has 3 heterocycles. The van der Waals surface area contributed by atoms with Crippen LogP contribution in [0.15, 0.2) is 84.3 Å². The van der Waals surface area contributed by atoms with E-state index in [9.17, 15) is 17.2 Å². The van der Waals surface area contributed by atoms with Crippen molar-refractivity contribution < 1.29 is 21.6 Å². The van der Waals surface area contributed by atoms with Gasteiger partial charge in [0.1, 0.15) is 46.2 Å². The summed E-state index contributed by atoms with van der Waals surface area (Å²) in [4.78, 5) is 16.3. The van der Waals surface area contributed by atoms with E-state index in [0.717, 1.165) is 29.2 Å². The van der Waals surface area contributed by atoms with Crippen LogP contribution < -0.4 is 10.0 Å². The Balaban J connectivity index is 1.40. The number of pyridine rings is 1. The summed E-state index contributed by atoms with van der Waals surface area (Å²) in [6.07, 6.45) is 2.77. The number of imidazole rings is 1. The monoisotopic (exact) mass is 581 g/mol. The number of nitrogens with one attached hydrogen (secondary N) is 2. The maximum Gasteiger partial charge on any atom is 0.266 e. The van der Waals surface area contributed by atoms with Gasteiger partial charge in [0.05, 0.1) is 27.3 Å². The van der Waals surface area contributed by atoms with E-state index in [2.05, 4.69) is 25.3 Å². The van der Waals surface area contributed by atoms with Crippen LogP contribution in [0.5, 0.6) is 0 Å². The van der Waals surface area contributed by atoms with Gasteiger partial charge in [-0.2, -0.15) is 0 Å². The number of anilines is 3. The van der Waals surface area contributed by atoms with Crippen molar-refractivity contribution in [3.05, 3.63) is 102 Å². The number of halogens is 4. The molecule has 0 saturated heterocycles. The molecule has 0 unspecified atom stereocenters. The molecule has 0 saturated carbocycles. The summed E-state index contributed by atoms with van der Waals surface area (Å²) in [6.45, 7) is 0. The van der Waals surface area contributed by atoms with Crippen LogP contribution in [0.3, 0.4) is 0 Å². The minimum atomic E-state index is -4.68. The van der Waals surface area contributed by atoms with Crippen LogP contribution in [-0.4, -0.2) is 32.9 Å². The highest BCUT2D eigenvalue weighted by Gasteiger charge is 2.26. The fourth-order valence-electron chi connectivity index (χ4n) is 4.10. The molecule has 2 N–H and O–H groups in total. The van der Waals surface area contributed by atoms with Gasteiger partial charge >= 0.3 is 0 Å². The average molecular weight is 582 g/mol. The molecule has 200 valence electrons. The fourth-order valence-corrected chi connectivity index (χ4v) is 5.76. The summed E-state index contributed by atoms with van der Waals surface area (Å²) in [6, 6.07) is 15.8. The number of fused-ring (bicyclic) bond motifs is 2. The second kappa shape index (κ2) is 9.77. The minimum Gasteiger partial charge on any atom is -0.333 e. The molecule has 6 rings (SSSR count). The van der Waals surface area contributed by atoms with Crippen molar-refractivity contribution >= 4 is 60.9 Å². The molecule has 0 radical (unpaired) electrons. The van der Waals surface area contributed by atoms with Gasteiger partial charge in [-0.05, 0) is 48.5 Å². The zero-order chi connectivity index (χ0) is 28.0. The minimum absolute atomic E-state index is 0.0498. The van der Waals surface area contributed by atoms with Crippen molar-refractivity contribution in [2.45, 2.75) is 4.90 Å². The third-order valence-electron chi connectivity index (χ3n) is 5.93. The van der Waals surface area contributed by atoms with Crippen molar-refractivity contribution in [3.8, 4) is 5.82 Å². The SMILES string of the molecule is O=S(=O)(Nc1ccc(F)c(Nc2ncnc3ccc(-n4cnc5ccccc54)nc23)c1F)c1c(F)cccc1Cl. The Morgan fingerprint density at radius 1 is 0.825 bits per heavy atom. The van der Waals surface area contributed by atoms with Crippen molar-refractivity contribution in [3.63, 3.8) is 0 Å². The molecule has 9 nitrogen and oxygen atoms in total. The van der Waals surface area contributed by atoms with E-state index < -0.39 is 48.8 Å². The van der Waals surface area contributed by atoms with Gasteiger partial charge in [-0.15, -0.1) is 0 Å². The lowest BCUT2D eigenvalue weighted by Crippen LogP contribution is -2.17. The second-order valence-corrected chi connectivity index (χ2v) is 10.5. The quantitative estimate of drug-likeness (QED) is 0.249. The molecule has 0 fully saturated rings. The highest BCUT2D eigenvalue weighted by Crippen LogP contribution is 2.33. The van der Waals surface area contributed by atoms with Gasteiger partial charge in [0.2, 0.25) is 0 Å². The first kappa shape index (κ1) is 25.5. The molecule has 3 aromatic carbocycles. The number of hydrogen-bond donors (Lipinski definition) is 2. The molecule has 0 amide bonds. The van der Waals surface area contributed by atoms with Gasteiger partial charge in [-0.3, -0.25) is 9.29 Å². The first-order valence-corrected chi connectivity index (χ1v) is 13.3. The van der Waals surface area contributed by atoms with E-state index in [1.54, 1.807) is 23.0 Å². The molecule has 0 bridgehead atoms. The Morgan fingerprint density at radius 3 is 2.48 bits per heavy atom. The van der Waals surface area contributed by atoms with E-state index in [0.29, 0.717) is 11.3 Å². The van der Waals surface area contributed by atoms with Crippen molar-refractivity contribution in [1.29, 1.82) is 0 Å². The lowest BCUT2D eigenvalue weighted by Gasteiger charge is -2.15. The number of sulfonamides is 1. The van der Waals surface area contributed by atoms with Crippen molar-refractivity contribution in [1.82, 2.24) is 24.5 Å². The number of hydrogen-bond acceptors (Lipinski definition) is 7. The Bertz CT molecular complexity index is 2030. The number of nitrogens with zero attached hydrogens (tertiary/aromatic N) is 5. The molecule has 0 aliphatic rings. The summed E-state index contributed by atoms with van der Waals surface area (Å²) >= 11 is 5.87. The van der Waals surface area contributed by atoms with Crippen LogP contribution in [-0.2, 0) is 10.0 Å². The summed E-state index contributed by atoms with van der Waals surface area (Å²) < 4.78 is 73.9. The van der Waals surface area contributed by atoms with Crippen molar-refractivity contribution in [2.75, 3.05) is 10.0 Å². The molecule has 0 aliphatic carbocycles. The number of para-hydroxylation sites is 2. The molecule has 3 aromatic heterocycles. The Hall–Kier alpha value is -4.75. The highest BCUT2D eigenvalue weighted by molar-refractivity contribution is 7.92. The lowest BCUT2D eigenvalue weighted by molar-refractivity contribution is 0.568. The van der Waals surface area contributed by atoms with E-state index >= 15 is 4.39 Å². The maximum absolute atomic E-state index is 15.5. The number of benzene rings is 3. The zero-order valence-corrected chi connectivity index (χ0v) is 21.6. The van der Waals surface area contributed by atoms with Gasteiger partial charge in [0, 0.05) is 0 Å². The molecular weight excluding hydrogens is 567 g/mol. The third-order valence-corrected chi connectivity index (χ3v) is 7.80. The normalized spacial score (nSPS) is 11.7. The summed E-state index contributed by atoms with van der Waals surface area (Å²) in [5.74, 6) is -3.09. The predicted octanol–water partition coefficient (Wildman–Crippen LogP) is 5.98. The smallest absolute Gasteiger partial charge is 0.266 e. The van der Waals surface area contributed by atoms with Gasteiger partial charge in [-0.25, -0.2) is 41.5 Å². The molecule has 6 aromatic rings. The molecule has 14 heteroatoms. The van der Waals surface area contributed by atoms with Crippen LogP contribution in [0.4, 0.5) is 30.4 Å². The van der Waals surface area contributed by atoms with Crippen LogP contribution in [0.25, 0.3) is 27.9 Å². The summed E-state index contributed by atoms with van der Waals surface area (Å²) in [5.41, 5.74) is 0.707. The molecular formula is C26H15ClF3N7O2S. The average Bonchev–Trinajstić information content (AvgIpc) is 3.36. The van der Waals surface area contributed by atoms with E-state index in [-0.39, 0.29) is 11.3 Å². The fraction of sp³-hybridized carbons (Fsp3) is 0. The van der Waals surface area contributed by atoms with Crippen molar-refractivity contribution in [2.24, 2.45) is 0 Å². The second-order valence-electron chi connectivity index (χ2n) is 8.43. The van der Waals surface area contributed by atoms with Crippen LogP contribution in [0.1, 0.15) is 0 Å². The van der Waals surface area contributed by atoms with E-state index in [1.807, 2.05) is 29.0 Å². The van der Waals surface area contributed by atoms with Gasteiger partial charge in [0.15, 0.2) is 11.6 Å². The first-order valence-electron chi connectivity index (χ1n) is 11.5. The number of aromatic nitrogens is 5. The van der Waals surface area contributed by atoms with Gasteiger partial charge in [0.25, 0.3) is 10.0 Å². The molecule has 0 aliphatic heterocycles. The molecule has 40 heavy (non-hydrogen) atoms.